The average molecular weight is 164 g/mol. The molecular weight excluding hydrogens is 156 g/mol. The van der Waals surface area contributed by atoms with Crippen LogP contribution in [0.4, 0.5) is 0 Å². The van der Waals surface area contributed by atoms with Gasteiger partial charge in [0.2, 0.25) is 5.43 Å². The van der Waals surface area contributed by atoms with Gasteiger partial charge in [0.1, 0.15) is 6.26 Å². The second-order valence-electron chi connectivity index (χ2n) is 2.32. The van der Waals surface area contributed by atoms with E-state index in [4.69, 9.17) is 15.9 Å². The van der Waals surface area contributed by atoms with Crippen LogP contribution in [0, 0.1) is 12.3 Å². The molecule has 0 aliphatic heterocycles. The molecule has 0 saturated carbocycles. The Morgan fingerprint density at radius 1 is 1.58 bits per heavy atom. The fourth-order valence-electron chi connectivity index (χ4n) is 0.831. The molecule has 1 aromatic rings. The van der Waals surface area contributed by atoms with Crippen LogP contribution in [0.5, 0.6) is 5.75 Å². The second kappa shape index (κ2) is 3.63. The maximum atomic E-state index is 11.1. The van der Waals surface area contributed by atoms with E-state index in [-0.39, 0.29) is 5.75 Å². The van der Waals surface area contributed by atoms with Gasteiger partial charge in [-0.1, -0.05) is 0 Å². The molecule has 0 bridgehead atoms. The molecule has 0 radical (unpaired) electrons. The summed E-state index contributed by atoms with van der Waals surface area (Å²) in [5, 5.41) is 8.94. The van der Waals surface area contributed by atoms with Crippen LogP contribution < -0.4 is 5.43 Å². The summed E-state index contributed by atoms with van der Waals surface area (Å²) in [4.78, 5) is 11.1. The molecule has 0 unspecified atom stereocenters. The summed E-state index contributed by atoms with van der Waals surface area (Å²) >= 11 is 0. The van der Waals surface area contributed by atoms with Crippen molar-refractivity contribution < 1.29 is 9.52 Å². The van der Waals surface area contributed by atoms with E-state index in [9.17, 15) is 4.79 Å². The lowest BCUT2D eigenvalue weighted by molar-refractivity contribution is 0.425. The number of hydrogen-bond acceptors (Lipinski definition) is 3. The van der Waals surface area contributed by atoms with E-state index in [1.54, 1.807) is 0 Å². The summed E-state index contributed by atoms with van der Waals surface area (Å²) in [6, 6.07) is 0. The number of rotatable bonds is 2. The maximum Gasteiger partial charge on any atom is 0.229 e. The molecule has 1 N–H and O–H groups in total. The minimum absolute atomic E-state index is 0.371. The van der Waals surface area contributed by atoms with Crippen LogP contribution in [-0.2, 0) is 6.42 Å². The Bertz CT molecular complexity index is 357. The quantitative estimate of drug-likeness (QED) is 0.661. The molecule has 0 spiro atoms. The smallest absolute Gasteiger partial charge is 0.229 e. The molecule has 3 heteroatoms. The van der Waals surface area contributed by atoms with E-state index in [0.717, 1.165) is 6.26 Å². The molecular formula is C9H8O3. The van der Waals surface area contributed by atoms with Crippen LogP contribution in [-0.4, -0.2) is 5.11 Å². The predicted molar refractivity (Wildman–Crippen MR) is 43.8 cm³/mol. The number of hydrogen-bond donors (Lipinski definition) is 1. The van der Waals surface area contributed by atoms with Gasteiger partial charge in [-0.05, 0) is 6.42 Å². The summed E-state index contributed by atoms with van der Waals surface area (Å²) in [5.74, 6) is 2.03. The van der Waals surface area contributed by atoms with Gasteiger partial charge in [0, 0.05) is 12.0 Å². The van der Waals surface area contributed by atoms with Crippen LogP contribution in [0.15, 0.2) is 21.7 Å². The Balaban J connectivity index is 2.95. The Kier molecular flexibility index (Phi) is 2.54. The summed E-state index contributed by atoms with van der Waals surface area (Å²) in [6.07, 6.45) is 8.23. The highest BCUT2D eigenvalue weighted by Gasteiger charge is 2.03. The first-order valence-electron chi connectivity index (χ1n) is 3.47. The molecule has 1 aromatic heterocycles. The molecule has 12 heavy (non-hydrogen) atoms. The van der Waals surface area contributed by atoms with Crippen molar-refractivity contribution in [1.82, 2.24) is 0 Å². The second-order valence-corrected chi connectivity index (χ2v) is 2.32. The van der Waals surface area contributed by atoms with Crippen LogP contribution in [0.25, 0.3) is 0 Å². The molecule has 0 amide bonds. The van der Waals surface area contributed by atoms with Gasteiger partial charge >= 0.3 is 0 Å². The molecule has 1 rings (SSSR count). The fraction of sp³-hybridized carbons (Fsp3) is 0.222. The highest BCUT2D eigenvalue weighted by molar-refractivity contribution is 5.21. The van der Waals surface area contributed by atoms with Gasteiger partial charge in [0.05, 0.1) is 6.26 Å². The normalized spacial score (nSPS) is 9.25. The number of terminal acetylenes is 1. The van der Waals surface area contributed by atoms with E-state index in [1.807, 2.05) is 0 Å². The molecule has 0 aliphatic carbocycles. The van der Waals surface area contributed by atoms with Gasteiger partial charge in [-0.2, -0.15) is 0 Å². The zero-order valence-electron chi connectivity index (χ0n) is 6.41. The Hall–Kier alpha value is -1.69. The summed E-state index contributed by atoms with van der Waals surface area (Å²) in [7, 11) is 0. The van der Waals surface area contributed by atoms with E-state index < -0.39 is 5.43 Å². The predicted octanol–water partition coefficient (Wildman–Crippen LogP) is 0.911. The summed E-state index contributed by atoms with van der Waals surface area (Å²) in [5.41, 5.74) is 0.00412. The van der Waals surface area contributed by atoms with Crippen LogP contribution >= 0.6 is 0 Å². The molecule has 1 heterocycles. The van der Waals surface area contributed by atoms with Crippen molar-refractivity contribution in [2.75, 3.05) is 0 Å². The van der Waals surface area contributed by atoms with Gasteiger partial charge < -0.3 is 9.52 Å². The molecule has 3 nitrogen and oxygen atoms in total. The Morgan fingerprint density at radius 2 is 2.33 bits per heavy atom. The fourth-order valence-corrected chi connectivity index (χ4v) is 0.831. The van der Waals surface area contributed by atoms with Crippen molar-refractivity contribution in [2.45, 2.75) is 12.8 Å². The van der Waals surface area contributed by atoms with Crippen molar-refractivity contribution in [1.29, 1.82) is 0 Å². The lowest BCUT2D eigenvalue weighted by atomic mass is 10.2. The summed E-state index contributed by atoms with van der Waals surface area (Å²) < 4.78 is 4.70. The molecule has 0 saturated heterocycles. The first-order valence-corrected chi connectivity index (χ1v) is 3.47. The Morgan fingerprint density at radius 3 is 3.00 bits per heavy atom. The maximum absolute atomic E-state index is 11.1. The third-order valence-corrected chi connectivity index (χ3v) is 1.45. The van der Waals surface area contributed by atoms with Crippen molar-refractivity contribution in [3.8, 4) is 18.1 Å². The third-order valence-electron chi connectivity index (χ3n) is 1.45. The lowest BCUT2D eigenvalue weighted by Gasteiger charge is -1.95. The van der Waals surface area contributed by atoms with Crippen molar-refractivity contribution in [2.24, 2.45) is 0 Å². The lowest BCUT2D eigenvalue weighted by Crippen LogP contribution is -2.06. The van der Waals surface area contributed by atoms with Gasteiger partial charge in [0.25, 0.3) is 0 Å². The van der Waals surface area contributed by atoms with Crippen LogP contribution in [0.1, 0.15) is 12.0 Å². The van der Waals surface area contributed by atoms with Gasteiger partial charge in [0.15, 0.2) is 5.75 Å². The highest BCUT2D eigenvalue weighted by Crippen LogP contribution is 2.03. The molecule has 0 aliphatic rings. The monoisotopic (exact) mass is 164 g/mol. The number of aromatic hydroxyl groups is 1. The van der Waals surface area contributed by atoms with Crippen molar-refractivity contribution >= 4 is 0 Å². The molecule has 62 valence electrons. The summed E-state index contributed by atoms with van der Waals surface area (Å²) in [6.45, 7) is 0. The van der Waals surface area contributed by atoms with E-state index >= 15 is 0 Å². The minimum atomic E-state index is -0.406. The zero-order chi connectivity index (χ0) is 8.97. The average Bonchev–Trinajstić information content (AvgIpc) is 2.08. The number of aryl methyl sites for hydroxylation is 1. The van der Waals surface area contributed by atoms with E-state index in [1.165, 1.54) is 6.26 Å². The topological polar surface area (TPSA) is 50.4 Å². The SMILES string of the molecule is C#CCCc1cocc(O)c1=O. The molecule has 0 aromatic carbocycles. The van der Waals surface area contributed by atoms with Gasteiger partial charge in [-0.3, -0.25) is 4.79 Å². The zero-order valence-corrected chi connectivity index (χ0v) is 6.41. The van der Waals surface area contributed by atoms with Crippen molar-refractivity contribution in [3.05, 3.63) is 28.3 Å². The van der Waals surface area contributed by atoms with E-state index in [2.05, 4.69) is 5.92 Å². The van der Waals surface area contributed by atoms with Crippen molar-refractivity contribution in [3.63, 3.8) is 0 Å². The standard InChI is InChI=1S/C9H8O3/c1-2-3-4-7-5-12-6-8(10)9(7)11/h1,5-6,10H,3-4H2. The first-order chi connectivity index (χ1) is 5.75. The van der Waals surface area contributed by atoms with E-state index in [0.29, 0.717) is 18.4 Å². The Labute approximate surface area is 69.7 Å². The van der Waals surface area contributed by atoms with Gasteiger partial charge in [-0.25, -0.2) is 0 Å². The largest absolute Gasteiger partial charge is 0.502 e. The first kappa shape index (κ1) is 8.41. The van der Waals surface area contributed by atoms with Gasteiger partial charge in [-0.15, -0.1) is 12.3 Å². The molecule has 0 atom stereocenters. The minimum Gasteiger partial charge on any atom is -0.502 e. The van der Waals surface area contributed by atoms with Crippen LogP contribution in [0.2, 0.25) is 0 Å². The third kappa shape index (κ3) is 1.67. The highest BCUT2D eigenvalue weighted by atomic mass is 16.3. The molecule has 0 fully saturated rings. The van der Waals surface area contributed by atoms with Crippen LogP contribution in [0.3, 0.4) is 0 Å².